The summed E-state index contributed by atoms with van der Waals surface area (Å²) >= 11 is 11.7. The molecule has 1 aromatic heterocycles. The quantitative estimate of drug-likeness (QED) is 0.855. The molecule has 0 spiro atoms. The van der Waals surface area contributed by atoms with Gasteiger partial charge in [-0.15, -0.1) is 0 Å². The summed E-state index contributed by atoms with van der Waals surface area (Å²) in [5.41, 5.74) is 0. The molecule has 0 aliphatic heterocycles. The van der Waals surface area contributed by atoms with Gasteiger partial charge in [-0.1, -0.05) is 35.3 Å². The van der Waals surface area contributed by atoms with Crippen molar-refractivity contribution >= 4 is 23.2 Å². The molecule has 0 aliphatic carbocycles. The molecule has 0 radical (unpaired) electrons. The van der Waals surface area contributed by atoms with Gasteiger partial charge in [0.2, 0.25) is 0 Å². The summed E-state index contributed by atoms with van der Waals surface area (Å²) in [6, 6.07) is 5.01. The van der Waals surface area contributed by atoms with E-state index in [-0.39, 0.29) is 6.61 Å². The van der Waals surface area contributed by atoms with E-state index in [9.17, 15) is 0 Å². The Hall–Kier alpha value is -1.26. The van der Waals surface area contributed by atoms with Crippen LogP contribution in [-0.4, -0.2) is 10.1 Å². The molecule has 90 valence electrons. The summed E-state index contributed by atoms with van der Waals surface area (Å²) < 4.78 is 10.4. The Balaban J connectivity index is 2.02. The van der Waals surface area contributed by atoms with Gasteiger partial charge < -0.3 is 9.26 Å². The number of rotatable bonds is 4. The van der Waals surface area contributed by atoms with Crippen molar-refractivity contribution in [1.29, 1.82) is 0 Å². The van der Waals surface area contributed by atoms with Crippen LogP contribution in [0.5, 0.6) is 5.75 Å². The lowest BCUT2D eigenvalue weighted by molar-refractivity contribution is 0.242. The van der Waals surface area contributed by atoms with Gasteiger partial charge in [-0.2, -0.15) is 4.98 Å². The van der Waals surface area contributed by atoms with Crippen molar-refractivity contribution < 1.29 is 9.26 Å². The molecule has 0 unspecified atom stereocenters. The van der Waals surface area contributed by atoms with E-state index >= 15 is 0 Å². The van der Waals surface area contributed by atoms with Crippen LogP contribution in [0.4, 0.5) is 0 Å². The van der Waals surface area contributed by atoms with Crippen LogP contribution in [-0.2, 0) is 13.0 Å². The molecule has 0 aliphatic rings. The van der Waals surface area contributed by atoms with Crippen LogP contribution in [0.3, 0.4) is 0 Å². The van der Waals surface area contributed by atoms with E-state index < -0.39 is 0 Å². The molecule has 0 bridgehead atoms. The topological polar surface area (TPSA) is 48.2 Å². The zero-order valence-electron chi connectivity index (χ0n) is 9.11. The van der Waals surface area contributed by atoms with Gasteiger partial charge in [-0.25, -0.2) is 0 Å². The third-order valence-electron chi connectivity index (χ3n) is 2.07. The summed E-state index contributed by atoms with van der Waals surface area (Å²) in [7, 11) is 0. The van der Waals surface area contributed by atoms with Crippen LogP contribution in [0.15, 0.2) is 22.7 Å². The first-order chi connectivity index (χ1) is 8.19. The molecule has 0 fully saturated rings. The Bertz CT molecular complexity index is 514. The van der Waals surface area contributed by atoms with E-state index in [2.05, 4.69) is 10.1 Å². The van der Waals surface area contributed by atoms with Crippen molar-refractivity contribution in [2.45, 2.75) is 20.0 Å². The van der Waals surface area contributed by atoms with Crippen LogP contribution in [0, 0.1) is 0 Å². The van der Waals surface area contributed by atoms with Gasteiger partial charge in [-0.3, -0.25) is 0 Å². The molecular weight excluding hydrogens is 263 g/mol. The number of halogens is 2. The van der Waals surface area contributed by atoms with Gasteiger partial charge in [0.1, 0.15) is 5.75 Å². The molecule has 0 atom stereocenters. The zero-order valence-corrected chi connectivity index (χ0v) is 10.6. The average Bonchev–Trinajstić information content (AvgIpc) is 2.76. The highest BCUT2D eigenvalue weighted by Gasteiger charge is 2.07. The first kappa shape index (κ1) is 12.2. The molecule has 2 rings (SSSR count). The Morgan fingerprint density at radius 1 is 1.35 bits per heavy atom. The highest BCUT2D eigenvalue weighted by molar-refractivity contribution is 6.35. The third-order valence-corrected chi connectivity index (χ3v) is 2.60. The summed E-state index contributed by atoms with van der Waals surface area (Å²) in [4.78, 5) is 4.12. The van der Waals surface area contributed by atoms with Crippen LogP contribution in [0.1, 0.15) is 18.6 Å². The minimum Gasteiger partial charge on any atom is -0.482 e. The minimum absolute atomic E-state index is 0.189. The number of benzene rings is 1. The number of hydrogen-bond acceptors (Lipinski definition) is 4. The maximum Gasteiger partial charge on any atom is 0.264 e. The molecule has 0 amide bonds. The number of aromatic nitrogens is 2. The first-order valence-electron chi connectivity index (χ1n) is 5.08. The van der Waals surface area contributed by atoms with Gasteiger partial charge in [0.15, 0.2) is 12.4 Å². The first-order valence-corrected chi connectivity index (χ1v) is 5.84. The third kappa shape index (κ3) is 3.11. The van der Waals surface area contributed by atoms with Crippen LogP contribution in [0.2, 0.25) is 10.0 Å². The Morgan fingerprint density at radius 3 is 2.82 bits per heavy atom. The van der Waals surface area contributed by atoms with Crippen molar-refractivity contribution in [3.63, 3.8) is 0 Å². The summed E-state index contributed by atoms with van der Waals surface area (Å²) in [5, 5.41) is 4.78. The van der Waals surface area contributed by atoms with E-state index in [0.717, 1.165) is 6.42 Å². The predicted octanol–water partition coefficient (Wildman–Crippen LogP) is 3.52. The lowest BCUT2D eigenvalue weighted by atomic mass is 10.3. The second kappa shape index (κ2) is 5.38. The lowest BCUT2D eigenvalue weighted by Crippen LogP contribution is -1.96. The molecule has 0 saturated carbocycles. The van der Waals surface area contributed by atoms with Gasteiger partial charge in [0.25, 0.3) is 5.89 Å². The molecule has 1 aromatic carbocycles. The SMILES string of the molecule is CCc1noc(COc2ccc(Cl)cc2Cl)n1. The van der Waals surface area contributed by atoms with Crippen molar-refractivity contribution in [2.24, 2.45) is 0 Å². The highest BCUT2D eigenvalue weighted by atomic mass is 35.5. The summed E-state index contributed by atoms with van der Waals surface area (Å²) in [6.07, 6.45) is 0.727. The number of aryl methyl sites for hydroxylation is 1. The zero-order chi connectivity index (χ0) is 12.3. The minimum atomic E-state index is 0.189. The maximum atomic E-state index is 5.95. The number of hydrogen-bond donors (Lipinski definition) is 0. The molecule has 6 heteroatoms. The fourth-order valence-corrected chi connectivity index (χ4v) is 1.69. The van der Waals surface area contributed by atoms with E-state index in [1.807, 2.05) is 6.92 Å². The second-order valence-corrected chi connectivity index (χ2v) is 4.16. The van der Waals surface area contributed by atoms with Crippen molar-refractivity contribution in [3.05, 3.63) is 40.0 Å². The number of ether oxygens (including phenoxy) is 1. The van der Waals surface area contributed by atoms with E-state index in [4.69, 9.17) is 32.5 Å². The lowest BCUT2D eigenvalue weighted by Gasteiger charge is -2.05. The fourth-order valence-electron chi connectivity index (χ4n) is 1.22. The molecule has 4 nitrogen and oxygen atoms in total. The fraction of sp³-hybridized carbons (Fsp3) is 0.273. The summed E-state index contributed by atoms with van der Waals surface area (Å²) in [5.74, 6) is 1.62. The van der Waals surface area contributed by atoms with E-state index in [0.29, 0.717) is 27.5 Å². The Labute approximate surface area is 108 Å². The molecule has 0 N–H and O–H groups in total. The van der Waals surface area contributed by atoms with Crippen molar-refractivity contribution in [2.75, 3.05) is 0 Å². The largest absolute Gasteiger partial charge is 0.482 e. The van der Waals surface area contributed by atoms with Crippen LogP contribution >= 0.6 is 23.2 Å². The van der Waals surface area contributed by atoms with E-state index in [1.54, 1.807) is 18.2 Å². The van der Waals surface area contributed by atoms with Crippen molar-refractivity contribution in [3.8, 4) is 5.75 Å². The summed E-state index contributed by atoms with van der Waals surface area (Å²) in [6.45, 7) is 2.14. The molecule has 1 heterocycles. The molecule has 2 aromatic rings. The van der Waals surface area contributed by atoms with Gasteiger partial charge in [0.05, 0.1) is 5.02 Å². The Kier molecular flexibility index (Phi) is 3.86. The van der Waals surface area contributed by atoms with Crippen LogP contribution < -0.4 is 4.74 Å². The highest BCUT2D eigenvalue weighted by Crippen LogP contribution is 2.27. The second-order valence-electron chi connectivity index (χ2n) is 3.32. The average molecular weight is 273 g/mol. The van der Waals surface area contributed by atoms with Gasteiger partial charge in [-0.05, 0) is 18.2 Å². The number of nitrogens with zero attached hydrogens (tertiary/aromatic N) is 2. The Morgan fingerprint density at radius 2 is 2.18 bits per heavy atom. The predicted molar refractivity (Wildman–Crippen MR) is 64.5 cm³/mol. The molecular formula is C11H10Cl2N2O2. The normalized spacial score (nSPS) is 10.5. The van der Waals surface area contributed by atoms with Crippen LogP contribution in [0.25, 0.3) is 0 Å². The molecule has 0 saturated heterocycles. The smallest absolute Gasteiger partial charge is 0.264 e. The van der Waals surface area contributed by atoms with Gasteiger partial charge in [0, 0.05) is 11.4 Å². The van der Waals surface area contributed by atoms with Crippen molar-refractivity contribution in [1.82, 2.24) is 10.1 Å². The van der Waals surface area contributed by atoms with Gasteiger partial charge >= 0.3 is 0 Å². The van der Waals surface area contributed by atoms with E-state index in [1.165, 1.54) is 0 Å². The molecule has 17 heavy (non-hydrogen) atoms. The standard InChI is InChI=1S/C11H10Cl2N2O2/c1-2-10-14-11(17-15-10)6-16-9-4-3-7(12)5-8(9)13/h3-5H,2,6H2,1H3. The monoisotopic (exact) mass is 272 g/mol. The maximum absolute atomic E-state index is 5.95.